The zero-order chi connectivity index (χ0) is 9.03. The van der Waals surface area contributed by atoms with E-state index in [1.165, 1.54) is 12.8 Å². The summed E-state index contributed by atoms with van der Waals surface area (Å²) in [6, 6.07) is 0. The maximum Gasteiger partial charge on any atom is 0.0431 e. The first-order valence-corrected chi connectivity index (χ1v) is 4.95. The van der Waals surface area contributed by atoms with Crippen LogP contribution < -0.4 is 0 Å². The molecule has 0 unspecified atom stereocenters. The number of hydrogen-bond donors (Lipinski definition) is 1. The Morgan fingerprint density at radius 3 is 2.92 bits per heavy atom. The van der Waals surface area contributed by atoms with Gasteiger partial charge in [-0.2, -0.15) is 0 Å². The zero-order valence-corrected chi connectivity index (χ0v) is 8.21. The first kappa shape index (κ1) is 9.79. The Morgan fingerprint density at radius 1 is 1.58 bits per heavy atom. The van der Waals surface area contributed by atoms with Gasteiger partial charge >= 0.3 is 0 Å². The van der Waals surface area contributed by atoms with Crippen LogP contribution in [0.3, 0.4) is 0 Å². The minimum Gasteiger partial charge on any atom is -0.396 e. The molecule has 0 spiro atoms. The molecule has 0 aromatic rings. The molecule has 1 rings (SSSR count). The number of aliphatic hydroxyl groups excluding tert-OH is 1. The van der Waals surface area contributed by atoms with Crippen LogP contribution in [0, 0.1) is 11.3 Å². The van der Waals surface area contributed by atoms with Gasteiger partial charge in [0.15, 0.2) is 0 Å². The highest BCUT2D eigenvalue weighted by Crippen LogP contribution is 2.37. The van der Waals surface area contributed by atoms with Crippen molar-refractivity contribution in [1.82, 2.24) is 0 Å². The van der Waals surface area contributed by atoms with Crippen LogP contribution in [0.5, 0.6) is 0 Å². The molecule has 12 heavy (non-hydrogen) atoms. The number of aliphatic hydroxyl groups is 1. The van der Waals surface area contributed by atoms with Gasteiger partial charge in [-0.3, -0.25) is 0 Å². The smallest absolute Gasteiger partial charge is 0.0431 e. The molecule has 0 radical (unpaired) electrons. The van der Waals surface area contributed by atoms with Crippen molar-refractivity contribution < 1.29 is 5.11 Å². The van der Waals surface area contributed by atoms with Gasteiger partial charge in [-0.25, -0.2) is 0 Å². The molecule has 0 bridgehead atoms. The molecule has 0 aromatic heterocycles. The summed E-state index contributed by atoms with van der Waals surface area (Å²) in [6.45, 7) is 4.94. The molecule has 1 aliphatic carbocycles. The summed E-state index contributed by atoms with van der Waals surface area (Å²) in [5.74, 6) is 0.818. The Hall–Kier alpha value is -0.300. The molecule has 0 aliphatic heterocycles. The molecule has 1 aliphatic rings. The molecular formula is C11H20O. The van der Waals surface area contributed by atoms with E-state index in [-0.39, 0.29) is 0 Å². The lowest BCUT2D eigenvalue weighted by Gasteiger charge is -2.32. The molecule has 2 atom stereocenters. The van der Waals surface area contributed by atoms with Crippen molar-refractivity contribution in [3.8, 4) is 0 Å². The third-order valence-corrected chi connectivity index (χ3v) is 2.78. The van der Waals surface area contributed by atoms with E-state index in [1.54, 1.807) is 0 Å². The molecule has 1 heteroatoms. The van der Waals surface area contributed by atoms with Crippen LogP contribution >= 0.6 is 0 Å². The Balaban J connectivity index is 2.46. The van der Waals surface area contributed by atoms with Crippen LogP contribution in [-0.2, 0) is 0 Å². The fourth-order valence-electron chi connectivity index (χ4n) is 2.20. The molecular weight excluding hydrogens is 148 g/mol. The second-order valence-electron chi connectivity index (χ2n) is 4.43. The van der Waals surface area contributed by atoms with E-state index < -0.39 is 0 Å². The molecule has 0 heterocycles. The third kappa shape index (κ3) is 2.63. The van der Waals surface area contributed by atoms with Gasteiger partial charge < -0.3 is 5.11 Å². The molecule has 0 fully saturated rings. The van der Waals surface area contributed by atoms with E-state index in [1.807, 2.05) is 0 Å². The number of allylic oxidation sites excluding steroid dienone is 2. The van der Waals surface area contributed by atoms with Gasteiger partial charge in [0.1, 0.15) is 0 Å². The summed E-state index contributed by atoms with van der Waals surface area (Å²) in [6.07, 6.45) is 9.21. The highest BCUT2D eigenvalue weighted by molar-refractivity contribution is 5.02. The van der Waals surface area contributed by atoms with Crippen molar-refractivity contribution in [3.63, 3.8) is 0 Å². The van der Waals surface area contributed by atoms with Crippen LogP contribution in [0.1, 0.15) is 39.5 Å². The van der Waals surface area contributed by atoms with Crippen LogP contribution in [0.2, 0.25) is 0 Å². The Bertz CT molecular complexity index is 162. The summed E-state index contributed by atoms with van der Waals surface area (Å²) >= 11 is 0. The van der Waals surface area contributed by atoms with Gasteiger partial charge in [-0.15, -0.1) is 0 Å². The second kappa shape index (κ2) is 4.08. The molecule has 1 nitrogen and oxygen atoms in total. The average molecular weight is 168 g/mol. The van der Waals surface area contributed by atoms with Crippen molar-refractivity contribution >= 4 is 0 Å². The quantitative estimate of drug-likeness (QED) is 0.642. The average Bonchev–Trinajstić information content (AvgIpc) is 2.01. The van der Waals surface area contributed by atoms with Crippen molar-refractivity contribution in [2.75, 3.05) is 6.61 Å². The standard InChI is InChI=1S/C11H20O/c1-10-5-3-6-11(2,9-10)7-4-8-12/h3,6,10,12H,4-5,7-9H2,1-2H3/t10-,11-/m0/s1. The summed E-state index contributed by atoms with van der Waals surface area (Å²) in [5, 5.41) is 8.75. The highest BCUT2D eigenvalue weighted by Gasteiger charge is 2.25. The largest absolute Gasteiger partial charge is 0.396 e. The third-order valence-electron chi connectivity index (χ3n) is 2.78. The molecule has 0 saturated carbocycles. The minimum atomic E-state index is 0.331. The minimum absolute atomic E-state index is 0.331. The SMILES string of the molecule is C[C@H]1CC=C[C@@](C)(CCCO)C1. The van der Waals surface area contributed by atoms with Gasteiger partial charge in [0, 0.05) is 6.61 Å². The molecule has 1 N–H and O–H groups in total. The van der Waals surface area contributed by atoms with Gasteiger partial charge in [0.05, 0.1) is 0 Å². The van der Waals surface area contributed by atoms with E-state index in [0.29, 0.717) is 12.0 Å². The predicted octanol–water partition coefficient (Wildman–Crippen LogP) is 2.75. The lowest BCUT2D eigenvalue weighted by Crippen LogP contribution is -2.20. The maximum atomic E-state index is 8.75. The first-order valence-electron chi connectivity index (χ1n) is 4.95. The maximum absolute atomic E-state index is 8.75. The second-order valence-corrected chi connectivity index (χ2v) is 4.43. The van der Waals surface area contributed by atoms with E-state index in [9.17, 15) is 0 Å². The van der Waals surface area contributed by atoms with Gasteiger partial charge in [0.2, 0.25) is 0 Å². The monoisotopic (exact) mass is 168 g/mol. The van der Waals surface area contributed by atoms with Gasteiger partial charge in [-0.05, 0) is 37.0 Å². The fraction of sp³-hybridized carbons (Fsp3) is 0.818. The Kier molecular flexibility index (Phi) is 3.33. The lowest BCUT2D eigenvalue weighted by atomic mass is 9.73. The predicted molar refractivity (Wildman–Crippen MR) is 52.0 cm³/mol. The highest BCUT2D eigenvalue weighted by atomic mass is 16.2. The van der Waals surface area contributed by atoms with Crippen molar-refractivity contribution in [2.24, 2.45) is 11.3 Å². The number of rotatable bonds is 3. The zero-order valence-electron chi connectivity index (χ0n) is 8.21. The summed E-state index contributed by atoms with van der Waals surface area (Å²) in [5.41, 5.74) is 0.362. The lowest BCUT2D eigenvalue weighted by molar-refractivity contribution is 0.228. The fourth-order valence-corrected chi connectivity index (χ4v) is 2.20. The summed E-state index contributed by atoms with van der Waals surface area (Å²) in [4.78, 5) is 0. The van der Waals surface area contributed by atoms with Crippen LogP contribution in [-0.4, -0.2) is 11.7 Å². The summed E-state index contributed by atoms with van der Waals surface area (Å²) < 4.78 is 0. The van der Waals surface area contributed by atoms with Gasteiger partial charge in [0.25, 0.3) is 0 Å². The molecule has 70 valence electrons. The Morgan fingerprint density at radius 2 is 2.33 bits per heavy atom. The van der Waals surface area contributed by atoms with Crippen LogP contribution in [0.4, 0.5) is 0 Å². The number of hydrogen-bond acceptors (Lipinski definition) is 1. The van der Waals surface area contributed by atoms with E-state index in [2.05, 4.69) is 26.0 Å². The first-order chi connectivity index (χ1) is 5.66. The topological polar surface area (TPSA) is 20.2 Å². The van der Waals surface area contributed by atoms with Crippen LogP contribution in [0.15, 0.2) is 12.2 Å². The normalized spacial score (nSPS) is 35.4. The van der Waals surface area contributed by atoms with Crippen molar-refractivity contribution in [2.45, 2.75) is 39.5 Å². The van der Waals surface area contributed by atoms with E-state index >= 15 is 0 Å². The summed E-state index contributed by atoms with van der Waals surface area (Å²) in [7, 11) is 0. The van der Waals surface area contributed by atoms with Crippen molar-refractivity contribution in [3.05, 3.63) is 12.2 Å². The molecule has 0 amide bonds. The van der Waals surface area contributed by atoms with Crippen molar-refractivity contribution in [1.29, 1.82) is 0 Å². The van der Waals surface area contributed by atoms with Gasteiger partial charge in [-0.1, -0.05) is 26.0 Å². The van der Waals surface area contributed by atoms with E-state index in [0.717, 1.165) is 18.8 Å². The molecule has 0 saturated heterocycles. The van der Waals surface area contributed by atoms with E-state index in [4.69, 9.17) is 5.11 Å². The Labute approximate surface area is 75.5 Å². The molecule has 0 aromatic carbocycles. The van der Waals surface area contributed by atoms with Crippen LogP contribution in [0.25, 0.3) is 0 Å².